The van der Waals surface area contributed by atoms with Gasteiger partial charge in [-0.25, -0.2) is 0 Å². The fraction of sp³-hybridized carbons (Fsp3) is 0.562. The van der Waals surface area contributed by atoms with Gasteiger partial charge in [0, 0.05) is 20.0 Å². The number of nitrogens with two attached hydrogens (primary N) is 1. The topological polar surface area (TPSA) is 46.3 Å². The molecule has 1 aromatic carbocycles. The van der Waals surface area contributed by atoms with Gasteiger partial charge in [-0.1, -0.05) is 43.2 Å². The minimum atomic E-state index is 0. The summed E-state index contributed by atoms with van der Waals surface area (Å²) in [6.07, 6.45) is 5.88. The molecule has 0 aromatic heterocycles. The van der Waals surface area contributed by atoms with Gasteiger partial charge >= 0.3 is 0 Å². The molecule has 1 aromatic rings. The molecular weight excluding hydrogens is 272 g/mol. The summed E-state index contributed by atoms with van der Waals surface area (Å²) in [5, 5.41) is 0. The molecule has 1 rings (SSSR count). The van der Waals surface area contributed by atoms with Crippen LogP contribution in [0.2, 0.25) is 0 Å². The first-order chi connectivity index (χ1) is 9.24. The van der Waals surface area contributed by atoms with Crippen LogP contribution in [0.5, 0.6) is 0 Å². The quantitative estimate of drug-likeness (QED) is 0.712. The van der Waals surface area contributed by atoms with Gasteiger partial charge in [-0.2, -0.15) is 0 Å². The molecule has 2 N–H and O–H groups in total. The van der Waals surface area contributed by atoms with E-state index in [0.29, 0.717) is 6.42 Å². The van der Waals surface area contributed by atoms with E-state index in [1.165, 1.54) is 5.56 Å². The van der Waals surface area contributed by atoms with Crippen molar-refractivity contribution in [3.63, 3.8) is 0 Å². The van der Waals surface area contributed by atoms with Crippen LogP contribution in [0.1, 0.15) is 37.7 Å². The summed E-state index contributed by atoms with van der Waals surface area (Å²) in [4.78, 5) is 13.7. The number of amides is 1. The van der Waals surface area contributed by atoms with Crippen LogP contribution in [0, 0.1) is 0 Å². The summed E-state index contributed by atoms with van der Waals surface area (Å²) in [7, 11) is 1.89. The number of unbranched alkanes of at least 4 members (excludes halogenated alkanes) is 3. The van der Waals surface area contributed by atoms with E-state index in [-0.39, 0.29) is 18.3 Å². The van der Waals surface area contributed by atoms with E-state index in [4.69, 9.17) is 5.73 Å². The molecule has 0 aliphatic rings. The van der Waals surface area contributed by atoms with Gasteiger partial charge in [-0.05, 0) is 31.4 Å². The molecule has 0 fully saturated rings. The predicted octanol–water partition coefficient (Wildman–Crippen LogP) is 3.02. The number of hydrogen-bond acceptors (Lipinski definition) is 2. The largest absolute Gasteiger partial charge is 0.345 e. The van der Waals surface area contributed by atoms with Gasteiger partial charge in [0.2, 0.25) is 5.91 Å². The third-order valence-electron chi connectivity index (χ3n) is 3.35. The van der Waals surface area contributed by atoms with Crippen molar-refractivity contribution < 1.29 is 4.79 Å². The summed E-state index contributed by atoms with van der Waals surface area (Å²) < 4.78 is 0. The van der Waals surface area contributed by atoms with Gasteiger partial charge in [0.1, 0.15) is 0 Å². The van der Waals surface area contributed by atoms with Crippen LogP contribution in [-0.4, -0.2) is 30.9 Å². The molecule has 0 atom stereocenters. The second-order valence-corrected chi connectivity index (χ2v) is 5.00. The Morgan fingerprint density at radius 1 is 1.10 bits per heavy atom. The highest BCUT2D eigenvalue weighted by Gasteiger charge is 2.07. The smallest absolute Gasteiger partial charge is 0.222 e. The van der Waals surface area contributed by atoms with Crippen molar-refractivity contribution >= 4 is 18.3 Å². The Morgan fingerprint density at radius 2 is 1.75 bits per heavy atom. The van der Waals surface area contributed by atoms with Crippen LogP contribution in [-0.2, 0) is 11.2 Å². The van der Waals surface area contributed by atoms with E-state index in [2.05, 4.69) is 12.1 Å². The molecule has 0 aliphatic carbocycles. The molecule has 4 heteroatoms. The maximum absolute atomic E-state index is 11.9. The van der Waals surface area contributed by atoms with Crippen molar-refractivity contribution in [1.82, 2.24) is 4.90 Å². The van der Waals surface area contributed by atoms with Crippen molar-refractivity contribution in [2.45, 2.75) is 38.5 Å². The fourth-order valence-corrected chi connectivity index (χ4v) is 2.03. The number of carbonyl (C=O) groups excluding carboxylic acids is 1. The van der Waals surface area contributed by atoms with E-state index >= 15 is 0 Å². The lowest BCUT2D eigenvalue weighted by atomic mass is 10.1. The van der Waals surface area contributed by atoms with Gasteiger partial charge in [-0.15, -0.1) is 12.4 Å². The minimum Gasteiger partial charge on any atom is -0.345 e. The summed E-state index contributed by atoms with van der Waals surface area (Å²) in [6, 6.07) is 10.3. The number of halogens is 1. The Hall–Kier alpha value is -1.06. The monoisotopic (exact) mass is 298 g/mol. The van der Waals surface area contributed by atoms with Crippen LogP contribution in [0.3, 0.4) is 0 Å². The van der Waals surface area contributed by atoms with Crippen molar-refractivity contribution in [1.29, 1.82) is 0 Å². The number of nitrogens with zero attached hydrogens (tertiary/aromatic N) is 1. The zero-order valence-corrected chi connectivity index (χ0v) is 13.2. The summed E-state index contributed by atoms with van der Waals surface area (Å²) in [6.45, 7) is 1.55. The van der Waals surface area contributed by atoms with Gasteiger partial charge in [0.05, 0.1) is 0 Å². The molecule has 3 nitrogen and oxygen atoms in total. The van der Waals surface area contributed by atoms with Gasteiger partial charge in [-0.3, -0.25) is 4.79 Å². The van der Waals surface area contributed by atoms with Crippen molar-refractivity contribution in [3.05, 3.63) is 35.9 Å². The summed E-state index contributed by atoms with van der Waals surface area (Å²) in [5.41, 5.74) is 6.72. The predicted molar refractivity (Wildman–Crippen MR) is 87.2 cm³/mol. The van der Waals surface area contributed by atoms with Crippen LogP contribution in [0.4, 0.5) is 0 Å². The highest BCUT2D eigenvalue weighted by atomic mass is 35.5. The van der Waals surface area contributed by atoms with Crippen LogP contribution in [0.15, 0.2) is 30.3 Å². The van der Waals surface area contributed by atoms with E-state index in [9.17, 15) is 4.79 Å². The lowest BCUT2D eigenvalue weighted by Gasteiger charge is -2.17. The number of benzene rings is 1. The maximum Gasteiger partial charge on any atom is 0.222 e. The summed E-state index contributed by atoms with van der Waals surface area (Å²) >= 11 is 0. The van der Waals surface area contributed by atoms with Crippen LogP contribution < -0.4 is 5.73 Å². The van der Waals surface area contributed by atoms with Gasteiger partial charge < -0.3 is 10.6 Å². The van der Waals surface area contributed by atoms with Crippen molar-refractivity contribution in [2.24, 2.45) is 5.73 Å². The molecular formula is C16H27ClN2O. The van der Waals surface area contributed by atoms with Crippen LogP contribution in [0.25, 0.3) is 0 Å². The van der Waals surface area contributed by atoms with E-state index in [0.717, 1.165) is 45.2 Å². The second-order valence-electron chi connectivity index (χ2n) is 5.00. The third-order valence-corrected chi connectivity index (χ3v) is 3.35. The lowest BCUT2D eigenvalue weighted by Crippen LogP contribution is -2.28. The molecule has 20 heavy (non-hydrogen) atoms. The molecule has 0 spiro atoms. The molecule has 0 heterocycles. The van der Waals surface area contributed by atoms with Gasteiger partial charge in [0.25, 0.3) is 0 Å². The zero-order valence-electron chi connectivity index (χ0n) is 12.4. The Labute approximate surface area is 128 Å². The lowest BCUT2D eigenvalue weighted by molar-refractivity contribution is -0.130. The minimum absolute atomic E-state index is 0. The second kappa shape index (κ2) is 11.7. The van der Waals surface area contributed by atoms with Crippen LogP contribution >= 0.6 is 12.4 Å². The highest BCUT2D eigenvalue weighted by Crippen LogP contribution is 2.06. The average Bonchev–Trinajstić information content (AvgIpc) is 2.45. The number of rotatable bonds is 9. The average molecular weight is 299 g/mol. The first-order valence-electron chi connectivity index (χ1n) is 7.22. The maximum atomic E-state index is 11.9. The zero-order chi connectivity index (χ0) is 13.9. The first kappa shape index (κ1) is 18.9. The molecule has 0 aliphatic heterocycles. The normalized spacial score (nSPS) is 9.90. The Bertz CT molecular complexity index is 357. The molecule has 0 radical (unpaired) electrons. The number of carbonyl (C=O) groups is 1. The Balaban J connectivity index is 0.00000361. The molecule has 0 saturated heterocycles. The molecule has 0 saturated carbocycles. The summed E-state index contributed by atoms with van der Waals surface area (Å²) in [5.74, 6) is 0.253. The molecule has 1 amide bonds. The number of likely N-dealkylation sites (N-methyl/N-ethyl adjacent to an activating group) is 1. The molecule has 0 bridgehead atoms. The molecule has 0 unspecified atom stereocenters. The molecule has 114 valence electrons. The standard InChI is InChI=1S/C16H26N2O.ClH/c1-18(14-12-15-9-5-4-6-10-15)16(19)11-7-2-3-8-13-17;/h4-6,9-10H,2-3,7-8,11-14,17H2,1H3;1H. The third kappa shape index (κ3) is 8.18. The van der Waals surface area contributed by atoms with E-state index in [1.807, 2.05) is 30.1 Å². The highest BCUT2D eigenvalue weighted by molar-refractivity contribution is 5.85. The first-order valence-corrected chi connectivity index (χ1v) is 7.22. The SMILES string of the molecule is CN(CCc1ccccc1)C(=O)CCCCCCN.Cl. The van der Waals surface area contributed by atoms with Gasteiger partial charge in [0.15, 0.2) is 0 Å². The Morgan fingerprint density at radius 3 is 2.40 bits per heavy atom. The van der Waals surface area contributed by atoms with E-state index < -0.39 is 0 Å². The number of hydrogen-bond donors (Lipinski definition) is 1. The van der Waals surface area contributed by atoms with E-state index in [1.54, 1.807) is 0 Å². The van der Waals surface area contributed by atoms with Crippen molar-refractivity contribution in [2.75, 3.05) is 20.1 Å². The van der Waals surface area contributed by atoms with Crippen molar-refractivity contribution in [3.8, 4) is 0 Å². The Kier molecular flexibility index (Phi) is 11.1. The fourth-order valence-electron chi connectivity index (χ4n) is 2.03.